The largest absolute Gasteiger partial charge is 0.452 e. The molecule has 0 aliphatic carbocycles. The molecule has 0 atom stereocenters. The lowest BCUT2D eigenvalue weighted by Crippen LogP contribution is -2.22. The SMILES string of the molecule is Cc1cc(C)c(C(=O)OCC(=O)Nc2c(C)cccc2[N+](=O)[O-])c(C)c1. The standard InChI is InChI=1S/C19H20N2O5/c1-11-8-13(3)17(14(4)9-11)19(23)26-10-16(22)20-18-12(2)6-5-7-15(18)21(24)25/h5-9H,10H2,1-4H3,(H,20,22). The second-order valence-electron chi connectivity index (χ2n) is 6.12. The number of aryl methyl sites for hydroxylation is 4. The molecule has 0 aliphatic rings. The van der Waals surface area contributed by atoms with Crippen molar-refractivity contribution in [1.82, 2.24) is 0 Å². The molecular formula is C19H20N2O5. The molecule has 7 heteroatoms. The molecule has 1 N–H and O–H groups in total. The van der Waals surface area contributed by atoms with E-state index in [2.05, 4.69) is 5.32 Å². The number of anilines is 1. The summed E-state index contributed by atoms with van der Waals surface area (Å²) < 4.78 is 5.08. The Morgan fingerprint density at radius 1 is 1.08 bits per heavy atom. The number of nitro benzene ring substituents is 1. The van der Waals surface area contributed by atoms with E-state index in [0.717, 1.165) is 16.7 Å². The molecule has 0 unspecified atom stereocenters. The number of nitrogens with zero attached hydrogens (tertiary/aromatic N) is 1. The van der Waals surface area contributed by atoms with E-state index in [-0.39, 0.29) is 11.4 Å². The lowest BCUT2D eigenvalue weighted by atomic mass is 10.00. The van der Waals surface area contributed by atoms with Crippen molar-refractivity contribution < 1.29 is 19.2 Å². The van der Waals surface area contributed by atoms with Crippen LogP contribution in [0, 0.1) is 37.8 Å². The smallest absolute Gasteiger partial charge is 0.339 e. The van der Waals surface area contributed by atoms with Crippen molar-refractivity contribution in [1.29, 1.82) is 0 Å². The number of rotatable bonds is 5. The highest BCUT2D eigenvalue weighted by Gasteiger charge is 2.20. The lowest BCUT2D eigenvalue weighted by Gasteiger charge is -2.12. The number of hydrogen-bond acceptors (Lipinski definition) is 5. The summed E-state index contributed by atoms with van der Waals surface area (Å²) in [5, 5.41) is 13.5. The van der Waals surface area contributed by atoms with Gasteiger partial charge in [-0.1, -0.05) is 29.8 Å². The summed E-state index contributed by atoms with van der Waals surface area (Å²) in [5.41, 5.74) is 3.41. The van der Waals surface area contributed by atoms with E-state index in [0.29, 0.717) is 11.1 Å². The molecule has 0 spiro atoms. The first-order chi connectivity index (χ1) is 12.2. The molecule has 0 saturated carbocycles. The number of nitrogens with one attached hydrogen (secondary N) is 1. The number of benzene rings is 2. The number of ether oxygens (including phenoxy) is 1. The van der Waals surface area contributed by atoms with Crippen molar-refractivity contribution in [3.63, 3.8) is 0 Å². The fourth-order valence-corrected chi connectivity index (χ4v) is 2.85. The quantitative estimate of drug-likeness (QED) is 0.501. The monoisotopic (exact) mass is 356 g/mol. The number of amides is 1. The fraction of sp³-hybridized carbons (Fsp3) is 0.263. The zero-order chi connectivity index (χ0) is 19.4. The van der Waals surface area contributed by atoms with Gasteiger partial charge in [0.15, 0.2) is 6.61 Å². The highest BCUT2D eigenvalue weighted by atomic mass is 16.6. The van der Waals surface area contributed by atoms with Gasteiger partial charge in [-0.25, -0.2) is 4.79 Å². The molecule has 0 bridgehead atoms. The summed E-state index contributed by atoms with van der Waals surface area (Å²) in [6.07, 6.45) is 0. The molecule has 0 saturated heterocycles. The molecule has 0 radical (unpaired) electrons. The summed E-state index contributed by atoms with van der Waals surface area (Å²) in [6, 6.07) is 8.20. The zero-order valence-corrected chi connectivity index (χ0v) is 15.1. The van der Waals surface area contributed by atoms with Gasteiger partial charge in [0.2, 0.25) is 0 Å². The summed E-state index contributed by atoms with van der Waals surface area (Å²) in [5.74, 6) is -1.24. The second kappa shape index (κ2) is 7.77. The molecule has 136 valence electrons. The Balaban J connectivity index is 2.09. The minimum absolute atomic E-state index is 0.0984. The van der Waals surface area contributed by atoms with E-state index in [1.165, 1.54) is 12.1 Å². The number of carbonyl (C=O) groups excluding carboxylic acids is 2. The third kappa shape index (κ3) is 4.24. The zero-order valence-electron chi connectivity index (χ0n) is 15.1. The van der Waals surface area contributed by atoms with Crippen LogP contribution in [0.4, 0.5) is 11.4 Å². The van der Waals surface area contributed by atoms with Crippen molar-refractivity contribution in [2.24, 2.45) is 0 Å². The molecule has 0 heterocycles. The van der Waals surface area contributed by atoms with Gasteiger partial charge in [0, 0.05) is 6.07 Å². The van der Waals surface area contributed by atoms with Gasteiger partial charge in [0.25, 0.3) is 11.6 Å². The van der Waals surface area contributed by atoms with E-state index in [1.54, 1.807) is 26.8 Å². The van der Waals surface area contributed by atoms with Crippen LogP contribution >= 0.6 is 0 Å². The normalized spacial score (nSPS) is 10.3. The molecule has 26 heavy (non-hydrogen) atoms. The number of nitro groups is 1. The molecule has 0 aliphatic heterocycles. The fourth-order valence-electron chi connectivity index (χ4n) is 2.85. The van der Waals surface area contributed by atoms with Crippen LogP contribution in [-0.2, 0) is 9.53 Å². The average Bonchev–Trinajstić information content (AvgIpc) is 2.53. The van der Waals surface area contributed by atoms with Crippen molar-refractivity contribution in [3.8, 4) is 0 Å². The van der Waals surface area contributed by atoms with Gasteiger partial charge in [-0.2, -0.15) is 0 Å². The molecule has 0 fully saturated rings. The highest BCUT2D eigenvalue weighted by molar-refractivity contribution is 5.98. The van der Waals surface area contributed by atoms with Gasteiger partial charge in [-0.05, 0) is 44.4 Å². The van der Waals surface area contributed by atoms with Crippen molar-refractivity contribution >= 4 is 23.3 Å². The Morgan fingerprint density at radius 2 is 1.69 bits per heavy atom. The minimum atomic E-state index is -0.641. The second-order valence-corrected chi connectivity index (χ2v) is 6.12. The summed E-state index contributed by atoms with van der Waals surface area (Å²) in [7, 11) is 0. The maximum Gasteiger partial charge on any atom is 0.339 e. The topological polar surface area (TPSA) is 98.5 Å². The summed E-state index contributed by atoms with van der Waals surface area (Å²) in [6.45, 7) is 6.64. The van der Waals surface area contributed by atoms with Gasteiger partial charge in [0.1, 0.15) is 5.69 Å². The van der Waals surface area contributed by atoms with Crippen LogP contribution in [0.5, 0.6) is 0 Å². The van der Waals surface area contributed by atoms with Gasteiger partial charge in [-0.3, -0.25) is 14.9 Å². The predicted molar refractivity (Wildman–Crippen MR) is 97.4 cm³/mol. The van der Waals surface area contributed by atoms with E-state index >= 15 is 0 Å². The lowest BCUT2D eigenvalue weighted by molar-refractivity contribution is -0.384. The average molecular weight is 356 g/mol. The van der Waals surface area contributed by atoms with Crippen LogP contribution in [0.2, 0.25) is 0 Å². The first kappa shape index (κ1) is 19.1. The number of hydrogen-bond donors (Lipinski definition) is 1. The Bertz CT molecular complexity index is 866. The van der Waals surface area contributed by atoms with Crippen LogP contribution < -0.4 is 5.32 Å². The van der Waals surface area contributed by atoms with E-state index in [4.69, 9.17) is 4.74 Å². The van der Waals surface area contributed by atoms with Gasteiger partial charge in [-0.15, -0.1) is 0 Å². The van der Waals surface area contributed by atoms with Gasteiger partial charge >= 0.3 is 5.97 Å². The molecule has 2 aromatic rings. The van der Waals surface area contributed by atoms with Crippen LogP contribution in [0.25, 0.3) is 0 Å². The maximum atomic E-state index is 12.3. The molecule has 0 aromatic heterocycles. The highest BCUT2D eigenvalue weighted by Crippen LogP contribution is 2.27. The van der Waals surface area contributed by atoms with Gasteiger partial charge in [0.05, 0.1) is 10.5 Å². The molecular weight excluding hydrogens is 336 g/mol. The Hall–Kier alpha value is -3.22. The Labute approximate surface area is 151 Å². The minimum Gasteiger partial charge on any atom is -0.452 e. The molecule has 7 nitrogen and oxygen atoms in total. The van der Waals surface area contributed by atoms with Crippen LogP contribution in [0.3, 0.4) is 0 Å². The van der Waals surface area contributed by atoms with E-state index in [1.807, 2.05) is 19.1 Å². The first-order valence-electron chi connectivity index (χ1n) is 7.99. The summed E-state index contributed by atoms with van der Waals surface area (Å²) in [4.78, 5) is 34.9. The van der Waals surface area contributed by atoms with Crippen molar-refractivity contribution in [2.75, 3.05) is 11.9 Å². The molecule has 2 rings (SSSR count). The number of esters is 1. The predicted octanol–water partition coefficient (Wildman–Crippen LogP) is 3.62. The first-order valence-corrected chi connectivity index (χ1v) is 7.99. The number of para-hydroxylation sites is 1. The van der Waals surface area contributed by atoms with E-state index in [9.17, 15) is 19.7 Å². The van der Waals surface area contributed by atoms with E-state index < -0.39 is 23.4 Å². The van der Waals surface area contributed by atoms with Crippen LogP contribution in [0.1, 0.15) is 32.6 Å². The van der Waals surface area contributed by atoms with Crippen LogP contribution in [0.15, 0.2) is 30.3 Å². The third-order valence-corrected chi connectivity index (χ3v) is 3.93. The Kier molecular flexibility index (Phi) is 5.71. The summed E-state index contributed by atoms with van der Waals surface area (Å²) >= 11 is 0. The Morgan fingerprint density at radius 3 is 2.27 bits per heavy atom. The van der Waals surface area contributed by atoms with Gasteiger partial charge < -0.3 is 10.1 Å². The van der Waals surface area contributed by atoms with Crippen molar-refractivity contribution in [3.05, 3.63) is 68.3 Å². The third-order valence-electron chi connectivity index (χ3n) is 3.93. The van der Waals surface area contributed by atoms with Crippen LogP contribution in [-0.4, -0.2) is 23.4 Å². The molecule has 1 amide bonds. The molecule has 2 aromatic carbocycles. The number of carbonyl (C=O) groups is 2. The van der Waals surface area contributed by atoms with Crippen molar-refractivity contribution in [2.45, 2.75) is 27.7 Å². The maximum absolute atomic E-state index is 12.3.